The summed E-state index contributed by atoms with van der Waals surface area (Å²) < 4.78 is 1.42. The van der Waals surface area contributed by atoms with Gasteiger partial charge in [-0.2, -0.15) is 0 Å². The van der Waals surface area contributed by atoms with E-state index in [0.717, 1.165) is 0 Å². The van der Waals surface area contributed by atoms with Crippen LogP contribution < -0.4 is 0 Å². The van der Waals surface area contributed by atoms with Crippen LogP contribution in [0.3, 0.4) is 0 Å². The fourth-order valence-corrected chi connectivity index (χ4v) is 4.18. The van der Waals surface area contributed by atoms with Gasteiger partial charge >= 0.3 is 98.0 Å². The van der Waals surface area contributed by atoms with Crippen molar-refractivity contribution in [2.45, 2.75) is 146 Å². The van der Waals surface area contributed by atoms with E-state index in [1.165, 1.54) is 139 Å². The first-order valence-corrected chi connectivity index (χ1v) is 13.3. The van der Waals surface area contributed by atoms with Crippen molar-refractivity contribution in [3.05, 3.63) is 0 Å². The van der Waals surface area contributed by atoms with Crippen LogP contribution in [0.2, 0.25) is 4.37 Å². The van der Waals surface area contributed by atoms with Gasteiger partial charge in [0.1, 0.15) is 0 Å². The molecule has 2 radical (unpaired) electrons. The molecule has 0 aromatic carbocycles. The Labute approximate surface area is 168 Å². The third-order valence-corrected chi connectivity index (χ3v) is 6.16. The molecule has 144 valence electrons. The molecule has 0 bridgehead atoms. The summed E-state index contributed by atoms with van der Waals surface area (Å²) in [6.45, 7) is 2.30. The third-order valence-electron chi connectivity index (χ3n) is 5.26. The SMILES string of the molecule is CCCCCCCCCCCCCCCCCCCCCC[CH2][Sb]. The molecular formula is C23H47Sb. The molecule has 0 fully saturated rings. The summed E-state index contributed by atoms with van der Waals surface area (Å²) in [5, 5.41) is 0. The predicted molar refractivity (Wildman–Crippen MR) is 113 cm³/mol. The van der Waals surface area contributed by atoms with Crippen molar-refractivity contribution in [2.75, 3.05) is 0 Å². The zero-order valence-electron chi connectivity index (χ0n) is 17.0. The van der Waals surface area contributed by atoms with Gasteiger partial charge in [-0.3, -0.25) is 0 Å². The number of unbranched alkanes of at least 4 members (excludes halogenated alkanes) is 20. The number of rotatable bonds is 21. The van der Waals surface area contributed by atoms with E-state index < -0.39 is 0 Å². The van der Waals surface area contributed by atoms with Crippen molar-refractivity contribution in [1.82, 2.24) is 0 Å². The van der Waals surface area contributed by atoms with Gasteiger partial charge in [-0.05, 0) is 0 Å². The van der Waals surface area contributed by atoms with Crippen LogP contribution >= 0.6 is 0 Å². The van der Waals surface area contributed by atoms with Crippen LogP contribution in [0.4, 0.5) is 0 Å². The van der Waals surface area contributed by atoms with E-state index in [1.807, 2.05) is 23.0 Å². The van der Waals surface area contributed by atoms with Crippen LogP contribution in [-0.2, 0) is 0 Å². The monoisotopic (exact) mass is 444 g/mol. The van der Waals surface area contributed by atoms with Crippen LogP contribution in [0.5, 0.6) is 0 Å². The molecule has 0 aliphatic heterocycles. The summed E-state index contributed by atoms with van der Waals surface area (Å²) in [5.74, 6) is 0. The molecule has 0 unspecified atom stereocenters. The Kier molecular flexibility index (Phi) is 24.6. The molecule has 0 rings (SSSR count). The van der Waals surface area contributed by atoms with Gasteiger partial charge in [-0.15, -0.1) is 0 Å². The van der Waals surface area contributed by atoms with Gasteiger partial charge in [0, 0.05) is 0 Å². The molecule has 0 aliphatic carbocycles. The molecular weight excluding hydrogens is 398 g/mol. The summed E-state index contributed by atoms with van der Waals surface area (Å²) in [7, 11) is 0. The Morgan fingerprint density at radius 2 is 0.542 bits per heavy atom. The van der Waals surface area contributed by atoms with Gasteiger partial charge < -0.3 is 0 Å². The maximum atomic E-state index is 2.30. The first-order valence-electron chi connectivity index (χ1n) is 11.5. The van der Waals surface area contributed by atoms with E-state index in [0.29, 0.717) is 0 Å². The van der Waals surface area contributed by atoms with Gasteiger partial charge in [-0.1, -0.05) is 71.1 Å². The van der Waals surface area contributed by atoms with Crippen molar-refractivity contribution >= 4 is 23.0 Å². The van der Waals surface area contributed by atoms with Gasteiger partial charge in [0.15, 0.2) is 0 Å². The second kappa shape index (κ2) is 23.8. The summed E-state index contributed by atoms with van der Waals surface area (Å²) in [4.78, 5) is 0. The average Bonchev–Trinajstić information content (AvgIpc) is 2.60. The van der Waals surface area contributed by atoms with E-state index >= 15 is 0 Å². The molecule has 0 saturated heterocycles. The zero-order valence-corrected chi connectivity index (χ0v) is 19.6. The molecule has 0 atom stereocenters. The second-order valence-electron chi connectivity index (χ2n) is 7.79. The quantitative estimate of drug-likeness (QED) is 0.122. The normalized spacial score (nSPS) is 11.2. The number of hydrogen-bond donors (Lipinski definition) is 0. The van der Waals surface area contributed by atoms with Crippen molar-refractivity contribution in [2.24, 2.45) is 0 Å². The predicted octanol–water partition coefficient (Wildman–Crippen LogP) is 8.79. The van der Waals surface area contributed by atoms with Crippen molar-refractivity contribution in [3.63, 3.8) is 0 Å². The van der Waals surface area contributed by atoms with E-state index in [1.54, 1.807) is 0 Å². The molecule has 0 saturated carbocycles. The molecule has 0 aromatic heterocycles. The Morgan fingerprint density at radius 3 is 0.750 bits per heavy atom. The topological polar surface area (TPSA) is 0 Å². The zero-order chi connectivity index (χ0) is 17.6. The Bertz CT molecular complexity index is 180. The maximum absolute atomic E-state index is 2.30. The van der Waals surface area contributed by atoms with Crippen LogP contribution in [0, 0.1) is 0 Å². The van der Waals surface area contributed by atoms with Crippen molar-refractivity contribution in [3.8, 4) is 0 Å². The molecule has 0 aromatic rings. The van der Waals surface area contributed by atoms with E-state index in [-0.39, 0.29) is 0 Å². The fraction of sp³-hybridized carbons (Fsp3) is 1.00. The summed E-state index contributed by atoms with van der Waals surface area (Å²) in [5.41, 5.74) is 0. The van der Waals surface area contributed by atoms with Gasteiger partial charge in [0.25, 0.3) is 0 Å². The Hall–Kier alpha value is 0.818. The second-order valence-corrected chi connectivity index (χ2v) is 9.07. The molecule has 24 heavy (non-hydrogen) atoms. The minimum atomic E-state index is 1.37. The van der Waals surface area contributed by atoms with E-state index in [2.05, 4.69) is 6.92 Å². The first kappa shape index (κ1) is 24.8. The van der Waals surface area contributed by atoms with Crippen LogP contribution in [0.1, 0.15) is 142 Å². The molecule has 1 heteroatoms. The molecule has 0 spiro atoms. The van der Waals surface area contributed by atoms with Gasteiger partial charge in [0.2, 0.25) is 0 Å². The van der Waals surface area contributed by atoms with Gasteiger partial charge in [-0.25, -0.2) is 0 Å². The Balaban J connectivity index is 2.93. The average molecular weight is 445 g/mol. The molecule has 0 amide bonds. The molecule has 0 heterocycles. The summed E-state index contributed by atoms with van der Waals surface area (Å²) in [6.07, 6.45) is 31.1. The number of hydrogen-bond acceptors (Lipinski definition) is 0. The molecule has 0 nitrogen and oxygen atoms in total. The van der Waals surface area contributed by atoms with Crippen LogP contribution in [0.15, 0.2) is 0 Å². The van der Waals surface area contributed by atoms with Crippen molar-refractivity contribution in [1.29, 1.82) is 0 Å². The van der Waals surface area contributed by atoms with E-state index in [4.69, 9.17) is 0 Å². The van der Waals surface area contributed by atoms with Crippen molar-refractivity contribution < 1.29 is 0 Å². The summed E-state index contributed by atoms with van der Waals surface area (Å²) >= 11 is 1.98. The molecule has 0 N–H and O–H groups in total. The Morgan fingerprint density at radius 1 is 0.333 bits per heavy atom. The van der Waals surface area contributed by atoms with Crippen LogP contribution in [-0.4, -0.2) is 23.0 Å². The molecule has 0 aliphatic rings. The standard InChI is InChI=1S/C23H47.Sb/c1-3-5-7-9-11-13-15-17-19-21-23-22-20-18-16-14-12-10-8-6-4-2;/h1,3-23H2,2H3;. The third kappa shape index (κ3) is 22.8. The van der Waals surface area contributed by atoms with Gasteiger partial charge in [0.05, 0.1) is 0 Å². The van der Waals surface area contributed by atoms with Crippen LogP contribution in [0.25, 0.3) is 0 Å². The minimum absolute atomic E-state index is 1.37. The fourth-order valence-electron chi connectivity index (χ4n) is 3.54. The van der Waals surface area contributed by atoms with E-state index in [9.17, 15) is 0 Å². The summed E-state index contributed by atoms with van der Waals surface area (Å²) in [6, 6.07) is 0. The first-order chi connectivity index (χ1) is 11.9.